The van der Waals surface area contributed by atoms with Crippen molar-refractivity contribution in [1.29, 1.82) is 0 Å². The van der Waals surface area contributed by atoms with E-state index in [4.69, 9.17) is 27.2 Å². The van der Waals surface area contributed by atoms with E-state index in [2.05, 4.69) is 9.39 Å². The number of sulfonamides is 1. The van der Waals surface area contributed by atoms with Gasteiger partial charge in [-0.2, -0.15) is 18.5 Å². The summed E-state index contributed by atoms with van der Waals surface area (Å²) in [5.41, 5.74) is 8.46. The number of aliphatic imine (C=N–C) groups is 1. The molecule has 0 saturated carbocycles. The maximum Gasteiger partial charge on any atom is 0.285 e. The van der Waals surface area contributed by atoms with Gasteiger partial charge >= 0.3 is 0 Å². The third-order valence-corrected chi connectivity index (χ3v) is 6.85. The maximum atomic E-state index is 13.1. The second-order valence-electron chi connectivity index (χ2n) is 7.83. The van der Waals surface area contributed by atoms with Crippen LogP contribution in [-0.4, -0.2) is 44.6 Å². The molecule has 0 fully saturated rings. The highest BCUT2D eigenvalue weighted by atomic mass is 35.5. The summed E-state index contributed by atoms with van der Waals surface area (Å²) in [6, 6.07) is 23.1. The number of guanidine groups is 1. The van der Waals surface area contributed by atoms with Crippen molar-refractivity contribution in [3.05, 3.63) is 95.0 Å². The van der Waals surface area contributed by atoms with E-state index in [0.717, 1.165) is 16.8 Å². The lowest BCUT2D eigenvalue weighted by Gasteiger charge is -2.16. The van der Waals surface area contributed by atoms with Gasteiger partial charge in [0.1, 0.15) is 5.75 Å². The van der Waals surface area contributed by atoms with Gasteiger partial charge in [0.05, 0.1) is 30.1 Å². The number of methoxy groups -OCH3 is 1. The molecule has 0 aliphatic carbocycles. The molecule has 1 unspecified atom stereocenters. The van der Waals surface area contributed by atoms with Gasteiger partial charge in [0.15, 0.2) is 0 Å². The average Bonchev–Trinajstić information content (AvgIpc) is 3.30. The second-order valence-corrected chi connectivity index (χ2v) is 9.87. The van der Waals surface area contributed by atoms with Crippen LogP contribution in [0, 0.1) is 0 Å². The summed E-state index contributed by atoms with van der Waals surface area (Å²) < 4.78 is 35.3. The van der Waals surface area contributed by atoms with Crippen molar-refractivity contribution in [3.63, 3.8) is 0 Å². The average molecular weight is 510 g/mol. The molecular formula is C25H24ClN5O3S. The second kappa shape index (κ2) is 10.3. The van der Waals surface area contributed by atoms with E-state index >= 15 is 0 Å². The third-order valence-electron chi connectivity index (χ3n) is 5.32. The lowest BCUT2D eigenvalue weighted by atomic mass is 9.91. The minimum atomic E-state index is -4.10. The number of hydrogen-bond donors (Lipinski definition) is 1. The van der Waals surface area contributed by atoms with E-state index in [9.17, 15) is 8.42 Å². The molecule has 35 heavy (non-hydrogen) atoms. The molecule has 1 heterocycles. The van der Waals surface area contributed by atoms with E-state index in [-0.39, 0.29) is 22.6 Å². The van der Waals surface area contributed by atoms with Crippen LogP contribution < -0.4 is 10.5 Å². The molecule has 0 radical (unpaired) electrons. The first-order valence-electron chi connectivity index (χ1n) is 10.7. The van der Waals surface area contributed by atoms with Crippen molar-refractivity contribution in [2.45, 2.75) is 17.7 Å². The summed E-state index contributed by atoms with van der Waals surface area (Å²) >= 11 is 6.08. The standard InChI is InChI=1S/C25H24ClN5O3S/c1-17(27)28-25(30-35(32,33)22-14-12-21(34-2)13-15-22)31-16-23(18-6-4-3-5-7-18)24(29-31)19-8-10-20(26)11-9-19/h3-15,23H,16H2,1-2H3,(H2,27,28,30). The van der Waals surface area contributed by atoms with Gasteiger partial charge in [-0.25, -0.2) is 5.01 Å². The fourth-order valence-electron chi connectivity index (χ4n) is 3.65. The lowest BCUT2D eigenvalue weighted by molar-refractivity contribution is 0.414. The van der Waals surface area contributed by atoms with Crippen molar-refractivity contribution >= 4 is 39.1 Å². The summed E-state index contributed by atoms with van der Waals surface area (Å²) in [6.45, 7) is 1.89. The Balaban J connectivity index is 1.78. The van der Waals surface area contributed by atoms with Gasteiger partial charge in [0.2, 0.25) is 0 Å². The smallest absolute Gasteiger partial charge is 0.285 e. The number of hydrogen-bond acceptors (Lipinski definition) is 4. The zero-order valence-corrected chi connectivity index (χ0v) is 20.7. The van der Waals surface area contributed by atoms with Gasteiger partial charge in [0.25, 0.3) is 16.0 Å². The molecule has 3 aromatic rings. The number of rotatable bonds is 5. The molecule has 10 heteroatoms. The molecule has 0 spiro atoms. The van der Waals surface area contributed by atoms with Gasteiger partial charge < -0.3 is 10.5 Å². The molecule has 180 valence electrons. The lowest BCUT2D eigenvalue weighted by Crippen LogP contribution is -2.27. The molecule has 4 rings (SSSR count). The van der Waals surface area contributed by atoms with Crippen molar-refractivity contribution in [2.75, 3.05) is 13.7 Å². The van der Waals surface area contributed by atoms with Crippen LogP contribution in [0.15, 0.2) is 98.2 Å². The number of nitrogens with zero attached hydrogens (tertiary/aromatic N) is 4. The van der Waals surface area contributed by atoms with Crippen molar-refractivity contribution < 1.29 is 13.2 Å². The van der Waals surface area contributed by atoms with Crippen LogP contribution in [0.4, 0.5) is 0 Å². The number of ether oxygens (including phenoxy) is 1. The number of amidine groups is 1. The zero-order valence-electron chi connectivity index (χ0n) is 19.2. The predicted octanol–water partition coefficient (Wildman–Crippen LogP) is 4.27. The Morgan fingerprint density at radius 3 is 2.31 bits per heavy atom. The summed E-state index contributed by atoms with van der Waals surface area (Å²) in [7, 11) is -2.59. The SMILES string of the molecule is COc1ccc(S(=O)(=O)/N=C(\N=C(/C)N)N2CC(c3ccccc3)C(c3ccc(Cl)cc3)=N2)cc1. The van der Waals surface area contributed by atoms with E-state index < -0.39 is 10.0 Å². The van der Waals surface area contributed by atoms with Crippen molar-refractivity contribution in [3.8, 4) is 5.75 Å². The molecule has 0 aromatic heterocycles. The van der Waals surface area contributed by atoms with Crippen LogP contribution in [0.1, 0.15) is 24.0 Å². The first kappa shape index (κ1) is 24.4. The minimum absolute atomic E-state index is 0.00128. The zero-order chi connectivity index (χ0) is 25.0. The number of hydrazone groups is 1. The number of nitrogens with two attached hydrogens (primary N) is 1. The highest BCUT2D eigenvalue weighted by Crippen LogP contribution is 2.30. The normalized spacial score (nSPS) is 16.8. The van der Waals surface area contributed by atoms with E-state index in [1.165, 1.54) is 24.3 Å². The highest BCUT2D eigenvalue weighted by Gasteiger charge is 2.32. The summed E-state index contributed by atoms with van der Waals surface area (Å²) in [4.78, 5) is 4.21. The third kappa shape index (κ3) is 5.70. The molecule has 1 aliphatic rings. The Kier molecular flexibility index (Phi) is 7.18. The van der Waals surface area contributed by atoms with Crippen LogP contribution in [0.25, 0.3) is 0 Å². The molecule has 0 saturated heterocycles. The monoisotopic (exact) mass is 509 g/mol. The van der Waals surface area contributed by atoms with Gasteiger partial charge in [-0.3, -0.25) is 0 Å². The summed E-state index contributed by atoms with van der Waals surface area (Å²) in [5.74, 6) is 0.414. The first-order chi connectivity index (χ1) is 16.8. The molecule has 0 amide bonds. The van der Waals surface area contributed by atoms with Gasteiger partial charge in [0, 0.05) is 10.9 Å². The van der Waals surface area contributed by atoms with Crippen LogP contribution in [0.2, 0.25) is 5.02 Å². The van der Waals surface area contributed by atoms with E-state index in [1.54, 1.807) is 31.2 Å². The molecule has 2 N–H and O–H groups in total. The van der Waals surface area contributed by atoms with Crippen molar-refractivity contribution in [1.82, 2.24) is 5.01 Å². The molecule has 1 aliphatic heterocycles. The molecular weight excluding hydrogens is 486 g/mol. The van der Waals surface area contributed by atoms with Crippen LogP contribution >= 0.6 is 11.6 Å². The Morgan fingerprint density at radius 2 is 1.71 bits per heavy atom. The van der Waals surface area contributed by atoms with E-state index in [0.29, 0.717) is 17.3 Å². The van der Waals surface area contributed by atoms with Crippen LogP contribution in [0.3, 0.4) is 0 Å². The molecule has 3 aromatic carbocycles. The predicted molar refractivity (Wildman–Crippen MR) is 139 cm³/mol. The van der Waals surface area contributed by atoms with Gasteiger partial charge in [-0.1, -0.05) is 54.1 Å². The summed E-state index contributed by atoms with van der Waals surface area (Å²) in [5, 5.41) is 6.81. The maximum absolute atomic E-state index is 13.1. The Morgan fingerprint density at radius 1 is 1.06 bits per heavy atom. The Bertz CT molecular complexity index is 1380. The van der Waals surface area contributed by atoms with Gasteiger partial charge in [-0.05, 0) is 54.4 Å². The van der Waals surface area contributed by atoms with Gasteiger partial charge in [-0.15, -0.1) is 4.40 Å². The molecule has 0 bridgehead atoms. The number of halogens is 1. The Hall–Kier alpha value is -3.69. The molecule has 1 atom stereocenters. The van der Waals surface area contributed by atoms with Crippen LogP contribution in [-0.2, 0) is 10.0 Å². The molecule has 8 nitrogen and oxygen atoms in total. The topological polar surface area (TPSA) is 110 Å². The largest absolute Gasteiger partial charge is 0.497 e. The Labute approximate surface area is 209 Å². The summed E-state index contributed by atoms with van der Waals surface area (Å²) in [6.07, 6.45) is 0. The number of benzene rings is 3. The fraction of sp³-hybridized carbons (Fsp3) is 0.160. The quantitative estimate of drug-likeness (QED) is 0.408. The van der Waals surface area contributed by atoms with Crippen LogP contribution in [0.5, 0.6) is 5.75 Å². The van der Waals surface area contributed by atoms with E-state index in [1.807, 2.05) is 42.5 Å². The first-order valence-corrected chi connectivity index (χ1v) is 12.6. The fourth-order valence-corrected chi connectivity index (χ4v) is 4.71. The van der Waals surface area contributed by atoms with Crippen molar-refractivity contribution in [2.24, 2.45) is 20.2 Å². The minimum Gasteiger partial charge on any atom is -0.497 e. The highest BCUT2D eigenvalue weighted by molar-refractivity contribution is 7.90.